The summed E-state index contributed by atoms with van der Waals surface area (Å²) >= 11 is 7.21. The van der Waals surface area contributed by atoms with Crippen LogP contribution in [0, 0.1) is 0 Å². The van der Waals surface area contributed by atoms with Crippen LogP contribution in [0.3, 0.4) is 0 Å². The summed E-state index contributed by atoms with van der Waals surface area (Å²) in [5, 5.41) is 1.56. The fourth-order valence-electron chi connectivity index (χ4n) is 1.96. The summed E-state index contributed by atoms with van der Waals surface area (Å²) in [6.45, 7) is 1.82. The van der Waals surface area contributed by atoms with E-state index in [9.17, 15) is 21.6 Å². The van der Waals surface area contributed by atoms with Crippen molar-refractivity contribution < 1.29 is 21.6 Å². The van der Waals surface area contributed by atoms with Crippen LogP contribution in [0.1, 0.15) is 17.4 Å². The topological polar surface area (TPSA) is 37.4 Å². The van der Waals surface area contributed by atoms with Crippen molar-refractivity contribution in [3.63, 3.8) is 0 Å². The lowest BCUT2D eigenvalue weighted by atomic mass is 10.2. The Morgan fingerprint density at radius 1 is 1.26 bits per heavy atom. The van der Waals surface area contributed by atoms with Crippen LogP contribution in [0.4, 0.5) is 13.2 Å². The lowest BCUT2D eigenvalue weighted by Gasteiger charge is -2.21. The van der Waals surface area contributed by atoms with E-state index in [0.717, 1.165) is 21.3 Å². The highest BCUT2D eigenvalue weighted by Crippen LogP contribution is 2.34. The van der Waals surface area contributed by atoms with Crippen LogP contribution >= 0.6 is 22.9 Å². The zero-order chi connectivity index (χ0) is 17.3. The van der Waals surface area contributed by atoms with Crippen LogP contribution in [0.5, 0.6) is 0 Å². The van der Waals surface area contributed by atoms with Gasteiger partial charge in [-0.1, -0.05) is 24.6 Å². The minimum atomic E-state index is -4.64. The fraction of sp³-hybridized carbons (Fsp3) is 0.286. The maximum atomic E-state index is 12.8. The summed E-state index contributed by atoms with van der Waals surface area (Å²) in [7, 11) is -4.13. The molecule has 126 valence electrons. The largest absolute Gasteiger partial charge is 0.416 e. The molecule has 3 nitrogen and oxygen atoms in total. The van der Waals surface area contributed by atoms with Gasteiger partial charge in [0, 0.05) is 18.0 Å². The number of hydrogen-bond acceptors (Lipinski definition) is 3. The van der Waals surface area contributed by atoms with Gasteiger partial charge in [-0.3, -0.25) is 0 Å². The second-order valence-corrected chi connectivity index (χ2v) is 8.00. The van der Waals surface area contributed by atoms with E-state index in [2.05, 4.69) is 0 Å². The van der Waals surface area contributed by atoms with Crippen LogP contribution < -0.4 is 0 Å². The molecular formula is C14H13ClF3NO2S2. The van der Waals surface area contributed by atoms with Crippen molar-refractivity contribution in [3.8, 4) is 0 Å². The fourth-order valence-corrected chi connectivity index (χ4v) is 4.69. The molecule has 0 saturated carbocycles. The number of rotatable bonds is 5. The van der Waals surface area contributed by atoms with E-state index < -0.39 is 26.7 Å². The van der Waals surface area contributed by atoms with Crippen molar-refractivity contribution in [2.24, 2.45) is 0 Å². The third-order valence-electron chi connectivity index (χ3n) is 3.14. The lowest BCUT2D eigenvalue weighted by Crippen LogP contribution is -2.30. The Balaban J connectivity index is 2.45. The first-order valence-corrected chi connectivity index (χ1v) is 9.25. The minimum Gasteiger partial charge on any atom is -0.207 e. The Hall–Kier alpha value is -1.09. The summed E-state index contributed by atoms with van der Waals surface area (Å²) < 4.78 is 64.9. The molecule has 0 saturated heterocycles. The smallest absolute Gasteiger partial charge is 0.207 e. The summed E-state index contributed by atoms with van der Waals surface area (Å²) in [6.07, 6.45) is -4.64. The molecular weight excluding hydrogens is 371 g/mol. The molecule has 2 rings (SSSR count). The average Bonchev–Trinajstić information content (AvgIpc) is 2.96. The summed E-state index contributed by atoms with van der Waals surface area (Å²) in [5.41, 5.74) is -1.05. The van der Waals surface area contributed by atoms with Gasteiger partial charge in [-0.25, -0.2) is 8.42 Å². The van der Waals surface area contributed by atoms with Crippen LogP contribution in [-0.2, 0) is 22.7 Å². The lowest BCUT2D eigenvalue weighted by molar-refractivity contribution is -0.137. The quantitative estimate of drug-likeness (QED) is 0.754. The Kier molecular flexibility index (Phi) is 5.40. The molecule has 0 bridgehead atoms. The number of alkyl halides is 3. The summed E-state index contributed by atoms with van der Waals surface area (Å²) in [4.78, 5) is 0.255. The third-order valence-corrected chi connectivity index (χ3v) is 6.40. The van der Waals surface area contributed by atoms with Crippen molar-refractivity contribution in [2.45, 2.75) is 24.5 Å². The van der Waals surface area contributed by atoms with E-state index in [1.165, 1.54) is 11.3 Å². The van der Waals surface area contributed by atoms with Crippen molar-refractivity contribution in [2.75, 3.05) is 6.54 Å². The molecule has 0 atom stereocenters. The van der Waals surface area contributed by atoms with E-state index in [1.807, 2.05) is 0 Å². The van der Waals surface area contributed by atoms with E-state index in [1.54, 1.807) is 24.4 Å². The molecule has 1 aromatic heterocycles. The maximum absolute atomic E-state index is 12.8. The van der Waals surface area contributed by atoms with Gasteiger partial charge in [-0.2, -0.15) is 17.5 Å². The number of halogens is 4. The van der Waals surface area contributed by atoms with Gasteiger partial charge < -0.3 is 0 Å². The standard InChI is InChI=1S/C14H13ClF3NO2S2/c1-2-19(9-11-4-3-7-22-11)23(20,21)13-8-10(14(16,17)18)5-6-12(13)15/h3-8H,2,9H2,1H3. The van der Waals surface area contributed by atoms with Gasteiger partial charge in [0.15, 0.2) is 0 Å². The highest BCUT2D eigenvalue weighted by molar-refractivity contribution is 7.89. The van der Waals surface area contributed by atoms with Crippen molar-refractivity contribution in [1.29, 1.82) is 0 Å². The molecule has 2 aromatic rings. The Morgan fingerprint density at radius 2 is 1.96 bits per heavy atom. The molecule has 9 heteroatoms. The van der Waals surface area contributed by atoms with Crippen LogP contribution in [0.15, 0.2) is 40.6 Å². The molecule has 0 aliphatic heterocycles. The number of benzene rings is 1. The van der Waals surface area contributed by atoms with Crippen molar-refractivity contribution >= 4 is 33.0 Å². The number of sulfonamides is 1. The number of hydrogen-bond donors (Lipinski definition) is 0. The first kappa shape index (κ1) is 18.3. The molecule has 0 unspecified atom stereocenters. The molecule has 0 amide bonds. The van der Waals surface area contributed by atoms with Gasteiger partial charge in [0.05, 0.1) is 10.6 Å². The van der Waals surface area contributed by atoms with E-state index in [4.69, 9.17) is 11.6 Å². The Bertz CT molecular complexity index is 774. The van der Waals surface area contributed by atoms with Gasteiger partial charge >= 0.3 is 6.18 Å². The van der Waals surface area contributed by atoms with Crippen LogP contribution in [0.2, 0.25) is 5.02 Å². The zero-order valence-corrected chi connectivity index (χ0v) is 14.4. The van der Waals surface area contributed by atoms with Crippen LogP contribution in [0.25, 0.3) is 0 Å². The molecule has 0 radical (unpaired) electrons. The highest BCUT2D eigenvalue weighted by Gasteiger charge is 2.34. The predicted molar refractivity (Wildman–Crippen MR) is 84.0 cm³/mol. The molecule has 1 aromatic carbocycles. The van der Waals surface area contributed by atoms with E-state index in [0.29, 0.717) is 6.07 Å². The minimum absolute atomic E-state index is 0.0864. The van der Waals surface area contributed by atoms with Gasteiger partial charge in [0.1, 0.15) is 4.90 Å². The van der Waals surface area contributed by atoms with Gasteiger partial charge in [-0.05, 0) is 29.6 Å². The van der Waals surface area contributed by atoms with Gasteiger partial charge in [0.2, 0.25) is 10.0 Å². The van der Waals surface area contributed by atoms with Gasteiger partial charge in [0.25, 0.3) is 0 Å². The van der Waals surface area contributed by atoms with Crippen molar-refractivity contribution in [1.82, 2.24) is 4.31 Å². The summed E-state index contributed by atoms with van der Waals surface area (Å²) in [5.74, 6) is 0. The zero-order valence-electron chi connectivity index (χ0n) is 12.0. The first-order valence-electron chi connectivity index (χ1n) is 6.55. The second kappa shape index (κ2) is 6.80. The highest BCUT2D eigenvalue weighted by atomic mass is 35.5. The van der Waals surface area contributed by atoms with Crippen molar-refractivity contribution in [3.05, 3.63) is 51.2 Å². The van der Waals surface area contributed by atoms with Gasteiger partial charge in [-0.15, -0.1) is 11.3 Å². The molecule has 0 spiro atoms. The first-order chi connectivity index (χ1) is 10.7. The number of thiophene rings is 1. The maximum Gasteiger partial charge on any atom is 0.416 e. The molecule has 0 aliphatic rings. The Labute approximate surface area is 141 Å². The molecule has 0 aliphatic carbocycles. The normalized spacial score (nSPS) is 12.8. The van der Waals surface area contributed by atoms with Crippen LogP contribution in [-0.4, -0.2) is 19.3 Å². The third kappa shape index (κ3) is 4.06. The monoisotopic (exact) mass is 383 g/mol. The average molecular weight is 384 g/mol. The number of nitrogens with zero attached hydrogens (tertiary/aromatic N) is 1. The SMILES string of the molecule is CCN(Cc1cccs1)S(=O)(=O)c1cc(C(F)(F)F)ccc1Cl. The summed E-state index contributed by atoms with van der Waals surface area (Å²) in [6, 6.07) is 5.83. The van der Waals surface area contributed by atoms with E-state index >= 15 is 0 Å². The molecule has 1 heterocycles. The van der Waals surface area contributed by atoms with E-state index in [-0.39, 0.29) is 18.1 Å². The molecule has 23 heavy (non-hydrogen) atoms. The second-order valence-electron chi connectivity index (χ2n) is 4.65. The Morgan fingerprint density at radius 3 is 2.48 bits per heavy atom. The molecule has 0 N–H and O–H groups in total. The predicted octanol–water partition coefficient (Wildman–Crippen LogP) is 4.63. The molecule has 0 fully saturated rings.